The van der Waals surface area contributed by atoms with Gasteiger partial charge in [0, 0.05) is 56.2 Å². The van der Waals surface area contributed by atoms with Crippen molar-refractivity contribution in [2.24, 2.45) is 0 Å². The van der Waals surface area contributed by atoms with Gasteiger partial charge in [0.1, 0.15) is 17.5 Å². The normalized spacial score (nSPS) is 16.4. The highest BCUT2D eigenvalue weighted by Crippen LogP contribution is 2.25. The summed E-state index contributed by atoms with van der Waals surface area (Å²) in [5.74, 6) is 2.57. The van der Waals surface area contributed by atoms with E-state index < -0.39 is 0 Å². The van der Waals surface area contributed by atoms with Crippen molar-refractivity contribution in [3.8, 4) is 0 Å². The smallest absolute Gasteiger partial charge is 0.291 e. The zero-order valence-corrected chi connectivity index (χ0v) is 17.6. The average Bonchev–Trinajstić information content (AvgIpc) is 3.10. The molecule has 2 aromatic heterocycles. The maximum Gasteiger partial charge on any atom is 0.291 e. The van der Waals surface area contributed by atoms with Gasteiger partial charge < -0.3 is 15.1 Å². The van der Waals surface area contributed by atoms with Crippen LogP contribution in [-0.2, 0) is 6.42 Å². The number of carbonyl (C=O) groups excluding carboxylic acids is 1. The first-order chi connectivity index (χ1) is 13.3. The fraction of sp³-hybridized carbons (Fsp3) is 0.550. The van der Waals surface area contributed by atoms with Crippen LogP contribution in [0.3, 0.4) is 0 Å². The number of nitrogens with zero attached hydrogens (tertiary/aromatic N) is 6. The number of carbonyl (C=O) groups is 1. The van der Waals surface area contributed by atoms with E-state index in [0.717, 1.165) is 60.3 Å². The molecule has 0 aliphatic carbocycles. The van der Waals surface area contributed by atoms with Gasteiger partial charge in [0.15, 0.2) is 0 Å². The number of aromatic nitrogens is 4. The first kappa shape index (κ1) is 20.0. The molecular formula is C20H29N7O. The van der Waals surface area contributed by atoms with Crippen LogP contribution in [0.25, 0.3) is 0 Å². The summed E-state index contributed by atoms with van der Waals surface area (Å²) in [5.41, 5.74) is 2.90. The van der Waals surface area contributed by atoms with Crippen molar-refractivity contribution < 1.29 is 4.79 Å². The van der Waals surface area contributed by atoms with Gasteiger partial charge in [-0.2, -0.15) is 0 Å². The van der Waals surface area contributed by atoms with Crippen LogP contribution in [0.15, 0.2) is 6.07 Å². The SMILES string of the molecule is CCc1cc(N[C@@H]2CCN(c3nc(C(=O)N(C)C)nc(C)c3C)C2)nc(C)n1. The van der Waals surface area contributed by atoms with E-state index in [2.05, 4.69) is 37.1 Å². The molecule has 150 valence electrons. The van der Waals surface area contributed by atoms with Crippen molar-refractivity contribution in [1.82, 2.24) is 24.8 Å². The van der Waals surface area contributed by atoms with E-state index in [9.17, 15) is 4.79 Å². The Morgan fingerprint density at radius 2 is 1.96 bits per heavy atom. The summed E-state index contributed by atoms with van der Waals surface area (Å²) in [5, 5.41) is 3.53. The van der Waals surface area contributed by atoms with Gasteiger partial charge in [0.25, 0.3) is 5.91 Å². The van der Waals surface area contributed by atoms with Gasteiger partial charge in [-0.3, -0.25) is 4.79 Å². The van der Waals surface area contributed by atoms with E-state index in [0.29, 0.717) is 0 Å². The Kier molecular flexibility index (Phi) is 5.76. The van der Waals surface area contributed by atoms with Crippen LogP contribution < -0.4 is 10.2 Å². The van der Waals surface area contributed by atoms with E-state index in [1.807, 2.05) is 26.8 Å². The third-order valence-corrected chi connectivity index (χ3v) is 5.05. The zero-order valence-electron chi connectivity index (χ0n) is 17.6. The van der Waals surface area contributed by atoms with Gasteiger partial charge in [-0.25, -0.2) is 19.9 Å². The maximum absolute atomic E-state index is 12.3. The molecule has 0 spiro atoms. The Morgan fingerprint density at radius 3 is 2.64 bits per heavy atom. The van der Waals surface area contributed by atoms with Gasteiger partial charge >= 0.3 is 0 Å². The van der Waals surface area contributed by atoms with Gasteiger partial charge in [0.2, 0.25) is 5.82 Å². The molecule has 0 unspecified atom stereocenters. The molecule has 1 fully saturated rings. The first-order valence-electron chi connectivity index (χ1n) is 9.71. The molecule has 2 aromatic rings. The highest BCUT2D eigenvalue weighted by molar-refractivity contribution is 5.90. The molecule has 28 heavy (non-hydrogen) atoms. The Hall–Kier alpha value is -2.77. The Morgan fingerprint density at radius 1 is 1.21 bits per heavy atom. The molecule has 0 aromatic carbocycles. The number of aryl methyl sites for hydroxylation is 3. The number of anilines is 2. The van der Waals surface area contributed by atoms with Crippen LogP contribution in [0.1, 0.15) is 46.7 Å². The molecule has 1 aliphatic heterocycles. The Bertz CT molecular complexity index is 881. The van der Waals surface area contributed by atoms with Crippen molar-refractivity contribution >= 4 is 17.5 Å². The topological polar surface area (TPSA) is 87.1 Å². The fourth-order valence-corrected chi connectivity index (χ4v) is 3.38. The zero-order chi connectivity index (χ0) is 20.4. The minimum Gasteiger partial charge on any atom is -0.365 e. The molecule has 1 N–H and O–H groups in total. The van der Waals surface area contributed by atoms with Crippen molar-refractivity contribution in [1.29, 1.82) is 0 Å². The third kappa shape index (κ3) is 4.21. The second kappa shape index (κ2) is 8.08. The van der Waals surface area contributed by atoms with Crippen molar-refractivity contribution in [3.05, 3.63) is 34.7 Å². The van der Waals surface area contributed by atoms with Gasteiger partial charge in [-0.1, -0.05) is 6.92 Å². The van der Waals surface area contributed by atoms with Gasteiger partial charge in [-0.15, -0.1) is 0 Å². The molecule has 8 nitrogen and oxygen atoms in total. The Balaban J connectivity index is 1.78. The van der Waals surface area contributed by atoms with E-state index in [1.54, 1.807) is 14.1 Å². The molecule has 1 aliphatic rings. The predicted octanol–water partition coefficient (Wildman–Crippen LogP) is 2.15. The molecule has 0 bridgehead atoms. The largest absolute Gasteiger partial charge is 0.365 e. The highest BCUT2D eigenvalue weighted by Gasteiger charge is 2.27. The summed E-state index contributed by atoms with van der Waals surface area (Å²) in [6.45, 7) is 9.62. The summed E-state index contributed by atoms with van der Waals surface area (Å²) < 4.78 is 0. The van der Waals surface area contributed by atoms with Crippen molar-refractivity contribution in [3.63, 3.8) is 0 Å². The predicted molar refractivity (Wildman–Crippen MR) is 110 cm³/mol. The number of amides is 1. The molecule has 1 amide bonds. The van der Waals surface area contributed by atoms with Crippen LogP contribution in [-0.4, -0.2) is 64.0 Å². The van der Waals surface area contributed by atoms with E-state index in [1.165, 1.54) is 4.90 Å². The summed E-state index contributed by atoms with van der Waals surface area (Å²) in [6.07, 6.45) is 1.86. The molecule has 0 saturated carbocycles. The monoisotopic (exact) mass is 383 g/mol. The quantitative estimate of drug-likeness (QED) is 0.846. The van der Waals surface area contributed by atoms with Crippen LogP contribution in [0.5, 0.6) is 0 Å². The second-order valence-corrected chi connectivity index (χ2v) is 7.50. The third-order valence-electron chi connectivity index (χ3n) is 5.05. The summed E-state index contributed by atoms with van der Waals surface area (Å²) >= 11 is 0. The summed E-state index contributed by atoms with van der Waals surface area (Å²) in [4.78, 5) is 34.0. The number of nitrogens with one attached hydrogen (secondary N) is 1. The lowest BCUT2D eigenvalue weighted by atomic mass is 10.2. The van der Waals surface area contributed by atoms with Gasteiger partial charge in [-0.05, 0) is 33.6 Å². The van der Waals surface area contributed by atoms with Crippen LogP contribution >= 0.6 is 0 Å². The lowest BCUT2D eigenvalue weighted by molar-refractivity contribution is 0.0815. The number of hydrogen-bond donors (Lipinski definition) is 1. The highest BCUT2D eigenvalue weighted by atomic mass is 16.2. The number of hydrogen-bond acceptors (Lipinski definition) is 7. The summed E-state index contributed by atoms with van der Waals surface area (Å²) in [7, 11) is 3.43. The standard InChI is InChI=1S/C20H29N7O/c1-7-15-10-17(23-14(4)22-15)24-16-8-9-27(11-16)19-12(2)13(3)21-18(25-19)20(28)26(5)6/h10,16H,7-9,11H2,1-6H3,(H,22,23,24)/t16-/m1/s1. The van der Waals surface area contributed by atoms with E-state index in [-0.39, 0.29) is 17.8 Å². The average molecular weight is 384 g/mol. The van der Waals surface area contributed by atoms with E-state index in [4.69, 9.17) is 0 Å². The minimum absolute atomic E-state index is 0.179. The maximum atomic E-state index is 12.3. The molecule has 1 atom stereocenters. The minimum atomic E-state index is -0.179. The molecule has 8 heteroatoms. The molecule has 3 heterocycles. The Labute approximate surface area is 166 Å². The number of rotatable bonds is 5. The van der Waals surface area contributed by atoms with Crippen LogP contribution in [0.4, 0.5) is 11.6 Å². The molecule has 1 saturated heterocycles. The fourth-order valence-electron chi connectivity index (χ4n) is 3.38. The van der Waals surface area contributed by atoms with Gasteiger partial charge in [0.05, 0.1) is 0 Å². The lowest BCUT2D eigenvalue weighted by Crippen LogP contribution is -2.30. The summed E-state index contributed by atoms with van der Waals surface area (Å²) in [6, 6.07) is 2.28. The van der Waals surface area contributed by atoms with Crippen molar-refractivity contribution in [2.45, 2.75) is 46.6 Å². The second-order valence-electron chi connectivity index (χ2n) is 7.50. The van der Waals surface area contributed by atoms with E-state index >= 15 is 0 Å². The van der Waals surface area contributed by atoms with Crippen molar-refractivity contribution in [2.75, 3.05) is 37.4 Å². The van der Waals surface area contributed by atoms with Crippen LogP contribution in [0.2, 0.25) is 0 Å². The molecular weight excluding hydrogens is 354 g/mol. The lowest BCUT2D eigenvalue weighted by Gasteiger charge is -2.22. The molecule has 0 radical (unpaired) electrons. The molecule has 3 rings (SSSR count). The first-order valence-corrected chi connectivity index (χ1v) is 9.71. The van der Waals surface area contributed by atoms with Crippen LogP contribution in [0, 0.1) is 20.8 Å².